The lowest BCUT2D eigenvalue weighted by molar-refractivity contribution is 0.387. The summed E-state index contributed by atoms with van der Waals surface area (Å²) in [6, 6.07) is 0. The molecule has 6 N–H and O–H groups in total. The number of nitrogens with two attached hydrogens (primary N) is 2. The van der Waals surface area contributed by atoms with Gasteiger partial charge in [-0.3, -0.25) is 20.8 Å². The van der Waals surface area contributed by atoms with Gasteiger partial charge in [-0.15, -0.1) is 0 Å². The third kappa shape index (κ3) is 3.29. The van der Waals surface area contributed by atoms with Crippen molar-refractivity contribution in [2.45, 2.75) is 6.92 Å². The molecule has 0 aromatic carbocycles. The zero-order valence-corrected chi connectivity index (χ0v) is 6.76. The van der Waals surface area contributed by atoms with Crippen molar-refractivity contribution in [2.75, 3.05) is 13.6 Å². The summed E-state index contributed by atoms with van der Waals surface area (Å²) in [6.07, 6.45) is 0. The number of rotatable bonds is 1. The molecule has 0 saturated heterocycles. The lowest BCUT2D eigenvalue weighted by atomic mass is 10.7. The third-order valence-corrected chi connectivity index (χ3v) is 1.10. The van der Waals surface area contributed by atoms with Crippen LogP contribution in [-0.2, 0) is 0 Å². The maximum atomic E-state index is 7.05. The Labute approximate surface area is 65.7 Å². The Morgan fingerprint density at radius 3 is 2.45 bits per heavy atom. The van der Waals surface area contributed by atoms with Crippen LogP contribution in [0.4, 0.5) is 0 Å². The molecule has 0 aliphatic rings. The van der Waals surface area contributed by atoms with E-state index >= 15 is 0 Å². The molecule has 0 atom stereocenters. The van der Waals surface area contributed by atoms with Gasteiger partial charge in [-0.25, -0.2) is 0 Å². The van der Waals surface area contributed by atoms with E-state index in [9.17, 15) is 0 Å². The van der Waals surface area contributed by atoms with Crippen LogP contribution in [0, 0.1) is 5.41 Å². The van der Waals surface area contributed by atoms with Crippen molar-refractivity contribution in [1.82, 2.24) is 10.4 Å². The van der Waals surface area contributed by atoms with Crippen molar-refractivity contribution in [1.29, 1.82) is 5.41 Å². The Morgan fingerprint density at radius 1 is 1.64 bits per heavy atom. The number of hydrazine groups is 1. The van der Waals surface area contributed by atoms with Crippen molar-refractivity contribution in [2.24, 2.45) is 16.5 Å². The van der Waals surface area contributed by atoms with Crippen molar-refractivity contribution in [3.8, 4) is 0 Å². The van der Waals surface area contributed by atoms with Gasteiger partial charge in [-0.2, -0.15) is 0 Å². The van der Waals surface area contributed by atoms with Crippen LogP contribution >= 0.6 is 0 Å². The van der Waals surface area contributed by atoms with Crippen LogP contribution < -0.4 is 16.9 Å². The summed E-state index contributed by atoms with van der Waals surface area (Å²) in [7, 11) is 1.55. The van der Waals surface area contributed by atoms with Gasteiger partial charge in [0.2, 0.25) is 11.9 Å². The zero-order valence-electron chi connectivity index (χ0n) is 6.76. The smallest absolute Gasteiger partial charge is 0.207 e. The van der Waals surface area contributed by atoms with Crippen LogP contribution in [0.15, 0.2) is 4.99 Å². The maximum Gasteiger partial charge on any atom is 0.207 e. The molecule has 0 aromatic rings. The number of nitrogens with one attached hydrogen (secondary N) is 2. The SMILES string of the molecule is CCN(NC(N)=NC)C(=N)N. The second kappa shape index (κ2) is 4.37. The molecular weight excluding hydrogens is 144 g/mol. The first kappa shape index (κ1) is 9.54. The van der Waals surface area contributed by atoms with Gasteiger partial charge in [-0.05, 0) is 6.92 Å². The predicted molar refractivity (Wildman–Crippen MR) is 45.0 cm³/mol. The van der Waals surface area contributed by atoms with Crippen LogP contribution in [-0.4, -0.2) is 30.5 Å². The molecule has 64 valence electrons. The van der Waals surface area contributed by atoms with Gasteiger partial charge >= 0.3 is 0 Å². The number of nitrogens with zero attached hydrogens (tertiary/aromatic N) is 2. The Hall–Kier alpha value is -1.46. The van der Waals surface area contributed by atoms with Gasteiger partial charge in [0.15, 0.2) is 0 Å². The minimum Gasteiger partial charge on any atom is -0.369 e. The molecule has 0 amide bonds. The van der Waals surface area contributed by atoms with E-state index in [1.807, 2.05) is 6.92 Å². The molecule has 6 heteroatoms. The topological polar surface area (TPSA) is 104 Å². The van der Waals surface area contributed by atoms with E-state index in [0.29, 0.717) is 6.54 Å². The molecule has 0 heterocycles. The lowest BCUT2D eigenvalue weighted by Crippen LogP contribution is -2.51. The molecule has 0 aromatic heterocycles. The summed E-state index contributed by atoms with van der Waals surface area (Å²) in [5.41, 5.74) is 13.1. The molecule has 0 spiro atoms. The highest BCUT2D eigenvalue weighted by Gasteiger charge is 2.02. The lowest BCUT2D eigenvalue weighted by Gasteiger charge is -2.21. The predicted octanol–water partition coefficient (Wildman–Crippen LogP) is -1.35. The maximum absolute atomic E-state index is 7.05. The Morgan fingerprint density at radius 2 is 2.18 bits per heavy atom. The average Bonchev–Trinajstić information content (AvgIpc) is 1.99. The minimum absolute atomic E-state index is 0.0842. The van der Waals surface area contributed by atoms with Gasteiger partial charge < -0.3 is 11.5 Å². The van der Waals surface area contributed by atoms with E-state index in [2.05, 4.69) is 10.4 Å². The largest absolute Gasteiger partial charge is 0.369 e. The van der Waals surface area contributed by atoms with Crippen LogP contribution in [0.2, 0.25) is 0 Å². The van der Waals surface area contributed by atoms with Gasteiger partial charge in [0.25, 0.3) is 0 Å². The fourth-order valence-electron chi connectivity index (χ4n) is 0.498. The molecule has 11 heavy (non-hydrogen) atoms. The quantitative estimate of drug-likeness (QED) is 0.215. The highest BCUT2D eigenvalue weighted by Crippen LogP contribution is 1.76. The number of hydrogen-bond donors (Lipinski definition) is 4. The van der Waals surface area contributed by atoms with E-state index in [4.69, 9.17) is 16.9 Å². The second-order valence-electron chi connectivity index (χ2n) is 1.85. The van der Waals surface area contributed by atoms with Crippen molar-refractivity contribution >= 4 is 11.9 Å². The molecule has 6 nitrogen and oxygen atoms in total. The van der Waals surface area contributed by atoms with Crippen molar-refractivity contribution < 1.29 is 0 Å². The molecule has 0 unspecified atom stereocenters. The van der Waals surface area contributed by atoms with Crippen LogP contribution in [0.1, 0.15) is 6.92 Å². The number of aliphatic imine (C=N–C) groups is 1. The fourth-order valence-corrected chi connectivity index (χ4v) is 0.498. The summed E-state index contributed by atoms with van der Waals surface area (Å²) in [5.74, 6) is 0.154. The molecule has 0 aliphatic heterocycles. The van der Waals surface area contributed by atoms with Gasteiger partial charge in [0, 0.05) is 13.6 Å². The summed E-state index contributed by atoms with van der Waals surface area (Å²) < 4.78 is 0. The molecule has 0 fully saturated rings. The molecular formula is C5H14N6. The average molecular weight is 158 g/mol. The normalized spacial score (nSPS) is 10.9. The van der Waals surface area contributed by atoms with E-state index in [0.717, 1.165) is 0 Å². The molecule has 0 aliphatic carbocycles. The number of guanidine groups is 2. The summed E-state index contributed by atoms with van der Waals surface area (Å²) in [4.78, 5) is 3.65. The van der Waals surface area contributed by atoms with E-state index in [1.165, 1.54) is 5.01 Å². The zero-order chi connectivity index (χ0) is 8.85. The van der Waals surface area contributed by atoms with Gasteiger partial charge in [0.05, 0.1) is 0 Å². The second-order valence-corrected chi connectivity index (χ2v) is 1.85. The first-order valence-corrected chi connectivity index (χ1v) is 3.22. The van der Waals surface area contributed by atoms with Gasteiger partial charge in [0.1, 0.15) is 0 Å². The van der Waals surface area contributed by atoms with Crippen molar-refractivity contribution in [3.63, 3.8) is 0 Å². The Bertz CT molecular complexity index is 162. The van der Waals surface area contributed by atoms with Crippen LogP contribution in [0.3, 0.4) is 0 Å². The highest BCUT2D eigenvalue weighted by atomic mass is 15.6. The highest BCUT2D eigenvalue weighted by molar-refractivity contribution is 5.82. The molecule has 0 bridgehead atoms. The molecule has 0 saturated carbocycles. The summed E-state index contributed by atoms with van der Waals surface area (Å²) in [5, 5.41) is 8.43. The summed E-state index contributed by atoms with van der Waals surface area (Å²) >= 11 is 0. The molecule has 0 rings (SSSR count). The summed E-state index contributed by atoms with van der Waals surface area (Å²) in [6.45, 7) is 2.41. The fraction of sp³-hybridized carbons (Fsp3) is 0.600. The van der Waals surface area contributed by atoms with E-state index in [1.54, 1.807) is 7.05 Å². The van der Waals surface area contributed by atoms with Crippen molar-refractivity contribution in [3.05, 3.63) is 0 Å². The van der Waals surface area contributed by atoms with Crippen LogP contribution in [0.25, 0.3) is 0 Å². The monoisotopic (exact) mass is 158 g/mol. The Kier molecular flexibility index (Phi) is 3.79. The van der Waals surface area contributed by atoms with E-state index < -0.39 is 0 Å². The van der Waals surface area contributed by atoms with E-state index in [-0.39, 0.29) is 11.9 Å². The Balaban J connectivity index is 3.98. The molecule has 0 radical (unpaired) electrons. The third-order valence-electron chi connectivity index (χ3n) is 1.10. The first-order valence-electron chi connectivity index (χ1n) is 3.22. The number of hydrogen-bond acceptors (Lipinski definition) is 2. The van der Waals surface area contributed by atoms with Gasteiger partial charge in [-0.1, -0.05) is 0 Å². The van der Waals surface area contributed by atoms with Crippen LogP contribution in [0.5, 0.6) is 0 Å². The first-order chi connectivity index (χ1) is 5.11. The minimum atomic E-state index is -0.0842. The standard InChI is InChI=1S/C5H14N6/c1-3-11(4(6)7)10-5(8)9-2/h3H2,1-2H3,(H3,6,7)(H3,8,9,10).